The maximum Gasteiger partial charge on any atom is 0.124 e. The molecule has 26 heavy (non-hydrogen) atoms. The lowest BCUT2D eigenvalue weighted by atomic mass is 10.1. The van der Waals surface area contributed by atoms with Crippen molar-refractivity contribution >= 4 is 11.6 Å². The number of ether oxygens (including phenoxy) is 2. The number of nitrogens with one attached hydrogen (secondary N) is 1. The maximum absolute atomic E-state index is 6.20. The van der Waals surface area contributed by atoms with Gasteiger partial charge in [0.05, 0.1) is 7.11 Å². The lowest BCUT2D eigenvalue weighted by Gasteiger charge is -2.13. The molecule has 0 aromatic heterocycles. The van der Waals surface area contributed by atoms with Gasteiger partial charge in [-0.25, -0.2) is 0 Å². The number of para-hydroxylation sites is 1. The molecule has 3 aromatic carbocycles. The smallest absolute Gasteiger partial charge is 0.124 e. The lowest BCUT2D eigenvalue weighted by molar-refractivity contribution is 0.302. The largest absolute Gasteiger partial charge is 0.497 e. The molecular weight excluding hydrogens is 346 g/mol. The molecule has 0 saturated carbocycles. The van der Waals surface area contributed by atoms with Crippen LogP contribution in [0.15, 0.2) is 72.8 Å². The molecule has 0 heterocycles. The van der Waals surface area contributed by atoms with E-state index in [1.807, 2.05) is 54.6 Å². The van der Waals surface area contributed by atoms with E-state index in [0.29, 0.717) is 6.61 Å². The fourth-order valence-corrected chi connectivity index (χ4v) is 2.84. The topological polar surface area (TPSA) is 30.5 Å². The monoisotopic (exact) mass is 367 g/mol. The zero-order chi connectivity index (χ0) is 18.2. The number of benzene rings is 3. The molecule has 0 amide bonds. The Hall–Kier alpha value is -2.49. The minimum Gasteiger partial charge on any atom is -0.497 e. The molecule has 3 rings (SSSR count). The molecular formula is C22H22ClNO2. The van der Waals surface area contributed by atoms with Crippen molar-refractivity contribution in [3.05, 3.63) is 94.5 Å². The summed E-state index contributed by atoms with van der Waals surface area (Å²) in [6.07, 6.45) is 0. The van der Waals surface area contributed by atoms with Gasteiger partial charge >= 0.3 is 0 Å². The van der Waals surface area contributed by atoms with Gasteiger partial charge in [0, 0.05) is 29.2 Å². The van der Waals surface area contributed by atoms with Crippen LogP contribution in [-0.4, -0.2) is 7.11 Å². The Morgan fingerprint density at radius 1 is 0.808 bits per heavy atom. The zero-order valence-corrected chi connectivity index (χ0v) is 15.5. The highest BCUT2D eigenvalue weighted by molar-refractivity contribution is 6.31. The Bertz CT molecular complexity index is 834. The van der Waals surface area contributed by atoms with Gasteiger partial charge in [-0.15, -0.1) is 0 Å². The van der Waals surface area contributed by atoms with Crippen LogP contribution in [0.5, 0.6) is 11.5 Å². The molecule has 0 radical (unpaired) electrons. The molecule has 0 aliphatic carbocycles. The molecule has 4 heteroatoms. The summed E-state index contributed by atoms with van der Waals surface area (Å²) in [5.41, 5.74) is 3.31. The quantitative estimate of drug-likeness (QED) is 0.592. The Kier molecular flexibility index (Phi) is 6.53. The average molecular weight is 368 g/mol. The van der Waals surface area contributed by atoms with E-state index in [1.165, 1.54) is 5.56 Å². The minimum absolute atomic E-state index is 0.454. The Balaban J connectivity index is 1.57. The van der Waals surface area contributed by atoms with E-state index in [2.05, 4.69) is 23.5 Å². The predicted octanol–water partition coefficient (Wildman–Crippen LogP) is 5.22. The predicted molar refractivity (Wildman–Crippen MR) is 106 cm³/mol. The summed E-state index contributed by atoms with van der Waals surface area (Å²) in [5.74, 6) is 1.74. The first-order chi connectivity index (χ1) is 12.8. The van der Waals surface area contributed by atoms with Gasteiger partial charge in [-0.3, -0.25) is 0 Å². The third-order valence-corrected chi connectivity index (χ3v) is 4.49. The van der Waals surface area contributed by atoms with E-state index in [-0.39, 0.29) is 0 Å². The van der Waals surface area contributed by atoms with Crippen LogP contribution in [0.2, 0.25) is 5.02 Å². The summed E-state index contributed by atoms with van der Waals surface area (Å²) in [6, 6.07) is 23.9. The van der Waals surface area contributed by atoms with Crippen LogP contribution in [0.4, 0.5) is 0 Å². The van der Waals surface area contributed by atoms with Gasteiger partial charge in [-0.05, 0) is 29.8 Å². The summed E-state index contributed by atoms with van der Waals surface area (Å²) in [4.78, 5) is 0. The molecule has 0 fully saturated rings. The first-order valence-corrected chi connectivity index (χ1v) is 8.92. The molecule has 0 aliphatic heterocycles. The third kappa shape index (κ3) is 5.01. The first kappa shape index (κ1) is 18.3. The minimum atomic E-state index is 0.454. The van der Waals surface area contributed by atoms with Gasteiger partial charge < -0.3 is 14.8 Å². The Morgan fingerprint density at radius 2 is 1.50 bits per heavy atom. The third-order valence-electron chi connectivity index (χ3n) is 4.12. The molecule has 0 aliphatic rings. The zero-order valence-electron chi connectivity index (χ0n) is 14.7. The number of halogens is 1. The second kappa shape index (κ2) is 9.27. The van der Waals surface area contributed by atoms with Gasteiger partial charge in [-0.2, -0.15) is 0 Å². The average Bonchev–Trinajstić information content (AvgIpc) is 2.69. The Labute approximate surface area is 159 Å². The van der Waals surface area contributed by atoms with E-state index in [4.69, 9.17) is 21.1 Å². The number of hydrogen-bond donors (Lipinski definition) is 1. The first-order valence-electron chi connectivity index (χ1n) is 8.54. The van der Waals surface area contributed by atoms with E-state index in [0.717, 1.165) is 40.7 Å². The molecule has 0 unspecified atom stereocenters. The SMILES string of the molecule is COc1ccc(CNCc2ccccc2OCc2ccccc2Cl)cc1. The van der Waals surface area contributed by atoms with Crippen molar-refractivity contribution in [1.82, 2.24) is 5.32 Å². The van der Waals surface area contributed by atoms with Gasteiger partial charge in [0.2, 0.25) is 0 Å². The normalized spacial score (nSPS) is 10.5. The molecule has 0 saturated heterocycles. The highest BCUT2D eigenvalue weighted by atomic mass is 35.5. The summed E-state index contributed by atoms with van der Waals surface area (Å²) in [5, 5.41) is 4.18. The van der Waals surface area contributed by atoms with Crippen molar-refractivity contribution in [2.24, 2.45) is 0 Å². The van der Waals surface area contributed by atoms with Crippen molar-refractivity contribution in [3.63, 3.8) is 0 Å². The van der Waals surface area contributed by atoms with Gasteiger partial charge in [0.15, 0.2) is 0 Å². The van der Waals surface area contributed by atoms with Crippen molar-refractivity contribution in [2.75, 3.05) is 7.11 Å². The number of methoxy groups -OCH3 is 1. The fourth-order valence-electron chi connectivity index (χ4n) is 2.65. The molecule has 3 nitrogen and oxygen atoms in total. The summed E-state index contributed by atoms with van der Waals surface area (Å²) in [7, 11) is 1.67. The summed E-state index contributed by atoms with van der Waals surface area (Å²) in [6.45, 7) is 1.96. The van der Waals surface area contributed by atoms with Gasteiger partial charge in [0.1, 0.15) is 18.1 Å². The van der Waals surface area contributed by atoms with Crippen molar-refractivity contribution in [2.45, 2.75) is 19.7 Å². The van der Waals surface area contributed by atoms with Crippen LogP contribution in [0.25, 0.3) is 0 Å². The van der Waals surface area contributed by atoms with E-state index in [1.54, 1.807) is 7.11 Å². The van der Waals surface area contributed by atoms with Crippen LogP contribution in [0.1, 0.15) is 16.7 Å². The second-order valence-electron chi connectivity index (χ2n) is 5.94. The van der Waals surface area contributed by atoms with E-state index < -0.39 is 0 Å². The maximum atomic E-state index is 6.20. The lowest BCUT2D eigenvalue weighted by Crippen LogP contribution is -2.13. The highest BCUT2D eigenvalue weighted by Crippen LogP contribution is 2.22. The molecule has 0 atom stereocenters. The van der Waals surface area contributed by atoms with E-state index >= 15 is 0 Å². The van der Waals surface area contributed by atoms with Crippen LogP contribution in [0, 0.1) is 0 Å². The van der Waals surface area contributed by atoms with Crippen LogP contribution in [-0.2, 0) is 19.7 Å². The molecule has 1 N–H and O–H groups in total. The van der Waals surface area contributed by atoms with Gasteiger partial charge in [0.25, 0.3) is 0 Å². The van der Waals surface area contributed by atoms with Gasteiger partial charge in [-0.1, -0.05) is 60.1 Å². The summed E-state index contributed by atoms with van der Waals surface area (Å²) < 4.78 is 11.2. The number of rotatable bonds is 8. The highest BCUT2D eigenvalue weighted by Gasteiger charge is 2.05. The molecule has 0 bridgehead atoms. The van der Waals surface area contributed by atoms with Crippen LogP contribution >= 0.6 is 11.6 Å². The number of hydrogen-bond acceptors (Lipinski definition) is 3. The second-order valence-corrected chi connectivity index (χ2v) is 6.35. The van der Waals surface area contributed by atoms with Crippen molar-refractivity contribution in [3.8, 4) is 11.5 Å². The van der Waals surface area contributed by atoms with Crippen molar-refractivity contribution < 1.29 is 9.47 Å². The molecule has 3 aromatic rings. The molecule has 134 valence electrons. The standard InChI is InChI=1S/C22H22ClNO2/c1-25-20-12-10-17(11-13-20)14-24-15-18-6-3-5-9-22(18)26-16-19-7-2-4-8-21(19)23/h2-13,24H,14-16H2,1H3. The van der Waals surface area contributed by atoms with Crippen LogP contribution in [0.3, 0.4) is 0 Å². The summed E-state index contributed by atoms with van der Waals surface area (Å²) >= 11 is 6.20. The Morgan fingerprint density at radius 3 is 2.23 bits per heavy atom. The van der Waals surface area contributed by atoms with Crippen molar-refractivity contribution in [1.29, 1.82) is 0 Å². The van der Waals surface area contributed by atoms with Crippen LogP contribution < -0.4 is 14.8 Å². The van der Waals surface area contributed by atoms with E-state index in [9.17, 15) is 0 Å². The molecule has 0 spiro atoms. The fraction of sp³-hybridized carbons (Fsp3) is 0.182.